The highest BCUT2D eigenvalue weighted by atomic mass is 16.6. The number of rotatable bonds is 9. The summed E-state index contributed by atoms with van der Waals surface area (Å²) in [5, 5.41) is 14.2. The lowest BCUT2D eigenvalue weighted by Gasteiger charge is -2.10. The minimum absolute atomic E-state index is 0.140. The highest BCUT2D eigenvalue weighted by Gasteiger charge is 2.17. The average Bonchev–Trinajstić information content (AvgIpc) is 2.65. The minimum atomic E-state index is -0.362. The third kappa shape index (κ3) is 5.73. The molecule has 8 heteroatoms. The third-order valence-electron chi connectivity index (χ3n) is 3.42. The molecule has 0 aromatic heterocycles. The van der Waals surface area contributed by atoms with Crippen LogP contribution in [-0.2, 0) is 25.9 Å². The number of benzene rings is 1. The minimum Gasteiger partial charge on any atom is -0.399 e. The van der Waals surface area contributed by atoms with Crippen molar-refractivity contribution in [2.75, 3.05) is 21.3 Å². The molecule has 0 fully saturated rings. The van der Waals surface area contributed by atoms with Crippen molar-refractivity contribution in [1.29, 1.82) is 0 Å². The van der Waals surface area contributed by atoms with Crippen molar-refractivity contribution in [2.45, 2.75) is 20.5 Å². The van der Waals surface area contributed by atoms with Crippen molar-refractivity contribution in [1.82, 2.24) is 5.32 Å². The van der Waals surface area contributed by atoms with E-state index in [9.17, 15) is 4.79 Å². The first-order valence-corrected chi connectivity index (χ1v) is 7.81. The second-order valence-electron chi connectivity index (χ2n) is 5.15. The van der Waals surface area contributed by atoms with Crippen LogP contribution in [0.4, 0.5) is 0 Å². The lowest BCUT2D eigenvalue weighted by molar-refractivity contribution is -0.114. The van der Waals surface area contributed by atoms with E-state index in [2.05, 4.69) is 27.4 Å². The zero-order chi connectivity index (χ0) is 19.5. The fourth-order valence-electron chi connectivity index (χ4n) is 2.01. The Kier molecular flexibility index (Phi) is 8.56. The molecule has 0 unspecified atom stereocenters. The van der Waals surface area contributed by atoms with E-state index in [-0.39, 0.29) is 18.2 Å². The SMILES string of the molecule is C=C(/C(C)=N/OC)/C(C)=N/OCc1ccccc1/C(=N\OC)C(=O)NC. The standard InChI is InChI=1S/C18H24N4O4/c1-12(13(2)20-24-5)14(3)21-26-11-15-9-7-8-10-16(15)17(22-25-6)18(23)19-4/h7-10H,1,11H2,2-6H3,(H,19,23)/b20-13+,21-14+,22-17+. The number of amides is 1. The van der Waals surface area contributed by atoms with E-state index >= 15 is 0 Å². The van der Waals surface area contributed by atoms with Crippen LogP contribution in [0.2, 0.25) is 0 Å². The summed E-state index contributed by atoms with van der Waals surface area (Å²) >= 11 is 0. The van der Waals surface area contributed by atoms with Crippen LogP contribution in [0.1, 0.15) is 25.0 Å². The van der Waals surface area contributed by atoms with Crippen LogP contribution in [0, 0.1) is 0 Å². The van der Waals surface area contributed by atoms with Crippen molar-refractivity contribution in [3.05, 3.63) is 47.5 Å². The summed E-state index contributed by atoms with van der Waals surface area (Å²) < 4.78 is 0. The Labute approximate surface area is 153 Å². The Balaban J connectivity index is 2.97. The van der Waals surface area contributed by atoms with Crippen LogP contribution >= 0.6 is 0 Å². The molecular weight excluding hydrogens is 336 g/mol. The molecule has 0 saturated carbocycles. The van der Waals surface area contributed by atoms with Gasteiger partial charge in [0, 0.05) is 23.7 Å². The molecule has 0 bridgehead atoms. The maximum absolute atomic E-state index is 12.0. The van der Waals surface area contributed by atoms with Gasteiger partial charge in [-0.25, -0.2) is 0 Å². The highest BCUT2D eigenvalue weighted by Crippen LogP contribution is 2.13. The van der Waals surface area contributed by atoms with E-state index in [0.717, 1.165) is 5.56 Å². The van der Waals surface area contributed by atoms with Crippen molar-refractivity contribution >= 4 is 23.0 Å². The monoisotopic (exact) mass is 360 g/mol. The number of allylic oxidation sites excluding steroid dienone is 1. The first-order chi connectivity index (χ1) is 12.5. The van der Waals surface area contributed by atoms with Gasteiger partial charge in [0.2, 0.25) is 0 Å². The van der Waals surface area contributed by atoms with Gasteiger partial charge in [-0.15, -0.1) is 0 Å². The molecule has 0 aliphatic carbocycles. The molecule has 8 nitrogen and oxygen atoms in total. The number of likely N-dealkylation sites (N-methyl/N-ethyl adjacent to an activating group) is 1. The van der Waals surface area contributed by atoms with Gasteiger partial charge >= 0.3 is 0 Å². The third-order valence-corrected chi connectivity index (χ3v) is 3.42. The Bertz CT molecular complexity index is 738. The molecular formula is C18H24N4O4. The second-order valence-corrected chi connectivity index (χ2v) is 5.15. The number of hydrogen-bond donors (Lipinski definition) is 1. The van der Waals surface area contributed by atoms with Crippen molar-refractivity contribution < 1.29 is 19.3 Å². The van der Waals surface area contributed by atoms with Crippen molar-refractivity contribution in [2.24, 2.45) is 15.5 Å². The quantitative estimate of drug-likeness (QED) is 0.540. The summed E-state index contributed by atoms with van der Waals surface area (Å²) in [4.78, 5) is 26.9. The van der Waals surface area contributed by atoms with Crippen molar-refractivity contribution in [3.63, 3.8) is 0 Å². The molecule has 1 aromatic carbocycles. The fraction of sp³-hybridized carbons (Fsp3) is 0.333. The number of carbonyl (C=O) groups excluding carboxylic acids is 1. The van der Waals surface area contributed by atoms with Gasteiger partial charge in [0.15, 0.2) is 5.71 Å². The number of nitrogens with one attached hydrogen (secondary N) is 1. The summed E-state index contributed by atoms with van der Waals surface area (Å²) in [7, 11) is 4.36. The first-order valence-electron chi connectivity index (χ1n) is 7.81. The van der Waals surface area contributed by atoms with Gasteiger partial charge in [-0.1, -0.05) is 46.3 Å². The van der Waals surface area contributed by atoms with E-state index in [1.165, 1.54) is 21.3 Å². The van der Waals surface area contributed by atoms with Gasteiger partial charge in [0.1, 0.15) is 20.8 Å². The van der Waals surface area contributed by atoms with Crippen LogP contribution in [-0.4, -0.2) is 44.3 Å². The van der Waals surface area contributed by atoms with Gasteiger partial charge in [-0.3, -0.25) is 4.79 Å². The number of carbonyl (C=O) groups is 1. The molecule has 0 atom stereocenters. The van der Waals surface area contributed by atoms with Gasteiger partial charge in [-0.2, -0.15) is 0 Å². The van der Waals surface area contributed by atoms with E-state index < -0.39 is 0 Å². The molecule has 1 rings (SSSR count). The zero-order valence-electron chi connectivity index (χ0n) is 15.7. The normalized spacial score (nSPS) is 12.4. The molecule has 0 spiro atoms. The molecule has 0 heterocycles. The predicted molar refractivity (Wildman–Crippen MR) is 101 cm³/mol. The molecule has 26 heavy (non-hydrogen) atoms. The molecule has 0 radical (unpaired) electrons. The van der Waals surface area contributed by atoms with E-state index in [1.54, 1.807) is 26.0 Å². The van der Waals surface area contributed by atoms with Crippen LogP contribution in [0.15, 0.2) is 51.9 Å². The Morgan fingerprint density at radius 2 is 1.69 bits per heavy atom. The van der Waals surface area contributed by atoms with E-state index in [0.29, 0.717) is 22.6 Å². The number of hydrogen-bond acceptors (Lipinski definition) is 7. The molecule has 0 aliphatic heterocycles. The smallest absolute Gasteiger partial charge is 0.273 e. The molecule has 1 N–H and O–H groups in total. The summed E-state index contributed by atoms with van der Waals surface area (Å²) in [5.41, 5.74) is 3.26. The van der Waals surface area contributed by atoms with Crippen molar-refractivity contribution in [3.8, 4) is 0 Å². The summed E-state index contributed by atoms with van der Waals surface area (Å²) in [6.45, 7) is 7.55. The largest absolute Gasteiger partial charge is 0.399 e. The molecule has 140 valence electrons. The zero-order valence-corrected chi connectivity index (χ0v) is 15.7. The fourth-order valence-corrected chi connectivity index (χ4v) is 2.01. The maximum atomic E-state index is 12.0. The molecule has 1 aromatic rings. The lowest BCUT2D eigenvalue weighted by atomic mass is 10.0. The topological polar surface area (TPSA) is 93.9 Å². The van der Waals surface area contributed by atoms with Gasteiger partial charge in [-0.05, 0) is 13.8 Å². The van der Waals surface area contributed by atoms with Crippen LogP contribution in [0.25, 0.3) is 0 Å². The second kappa shape index (κ2) is 10.7. The first kappa shape index (κ1) is 20.9. The average molecular weight is 360 g/mol. The lowest BCUT2D eigenvalue weighted by Crippen LogP contribution is -2.29. The molecule has 0 saturated heterocycles. The summed E-state index contributed by atoms with van der Waals surface area (Å²) in [6.07, 6.45) is 0. The van der Waals surface area contributed by atoms with Gasteiger partial charge in [0.05, 0.1) is 11.4 Å². The maximum Gasteiger partial charge on any atom is 0.273 e. The van der Waals surface area contributed by atoms with E-state index in [4.69, 9.17) is 14.5 Å². The Hall–Kier alpha value is -3.16. The molecule has 1 amide bonds. The Morgan fingerprint density at radius 1 is 1.08 bits per heavy atom. The summed E-state index contributed by atoms with van der Waals surface area (Å²) in [5.74, 6) is -0.362. The Morgan fingerprint density at radius 3 is 2.31 bits per heavy atom. The van der Waals surface area contributed by atoms with Gasteiger partial charge < -0.3 is 19.8 Å². The van der Waals surface area contributed by atoms with Crippen LogP contribution in [0.5, 0.6) is 0 Å². The number of oxime groups is 3. The van der Waals surface area contributed by atoms with E-state index in [1.807, 2.05) is 12.1 Å². The highest BCUT2D eigenvalue weighted by molar-refractivity contribution is 6.45. The molecule has 0 aliphatic rings. The van der Waals surface area contributed by atoms with Crippen LogP contribution < -0.4 is 5.32 Å². The predicted octanol–water partition coefficient (Wildman–Crippen LogP) is 2.25. The number of nitrogens with zero attached hydrogens (tertiary/aromatic N) is 3. The van der Waals surface area contributed by atoms with Crippen LogP contribution in [0.3, 0.4) is 0 Å². The summed E-state index contributed by atoms with van der Waals surface area (Å²) in [6, 6.07) is 7.21. The van der Waals surface area contributed by atoms with Gasteiger partial charge in [0.25, 0.3) is 5.91 Å².